The van der Waals surface area contributed by atoms with Gasteiger partial charge in [-0.1, -0.05) is 23.7 Å². The summed E-state index contributed by atoms with van der Waals surface area (Å²) in [4.78, 5) is 31.5. The predicted octanol–water partition coefficient (Wildman–Crippen LogP) is 3.44. The van der Waals surface area contributed by atoms with E-state index in [-0.39, 0.29) is 46.8 Å². The molecule has 3 aromatic rings. The number of H-pyrrole nitrogens is 1. The summed E-state index contributed by atoms with van der Waals surface area (Å²) in [5, 5.41) is 10.5. The fourth-order valence-corrected chi connectivity index (χ4v) is 5.16. The number of aromatic amines is 1. The van der Waals surface area contributed by atoms with Gasteiger partial charge in [-0.05, 0) is 42.5 Å². The Morgan fingerprint density at radius 2 is 2.15 bits per heavy atom. The van der Waals surface area contributed by atoms with Crippen LogP contribution < -0.4 is 10.1 Å². The number of methoxy groups -OCH3 is 1. The molecule has 1 saturated heterocycles. The summed E-state index contributed by atoms with van der Waals surface area (Å²) in [5.74, 6) is -0.529. The molecular weight excluding hydrogens is 461 g/mol. The van der Waals surface area contributed by atoms with Crippen LogP contribution in [0, 0.1) is 17.7 Å². The third-order valence-electron chi connectivity index (χ3n) is 6.62. The second-order valence-electron chi connectivity index (χ2n) is 8.67. The number of hydrogen-bond acceptors (Lipinski definition) is 5. The highest BCUT2D eigenvalue weighted by Gasteiger charge is 2.49. The fourth-order valence-electron chi connectivity index (χ4n) is 4.94. The molecule has 1 aromatic carbocycles. The molecule has 0 spiro atoms. The first-order chi connectivity index (χ1) is 16.4. The highest BCUT2D eigenvalue weighted by atomic mass is 35.5. The van der Waals surface area contributed by atoms with Crippen molar-refractivity contribution in [3.63, 3.8) is 0 Å². The van der Waals surface area contributed by atoms with E-state index in [2.05, 4.69) is 20.5 Å². The highest BCUT2D eigenvalue weighted by Crippen LogP contribution is 2.43. The largest absolute Gasteiger partial charge is 0.481 e. The Balaban J connectivity index is 1.22. The number of carbonyl (C=O) groups is 2. The van der Waals surface area contributed by atoms with E-state index in [0.717, 1.165) is 18.2 Å². The Bertz CT molecular complexity index is 1250. The number of amides is 2. The highest BCUT2D eigenvalue weighted by molar-refractivity contribution is 6.30. The molecule has 2 fully saturated rings. The second-order valence-corrected chi connectivity index (χ2v) is 9.11. The molecular formula is C24H23ClFN5O3. The Morgan fingerprint density at radius 3 is 2.88 bits per heavy atom. The van der Waals surface area contributed by atoms with Gasteiger partial charge in [-0.15, -0.1) is 0 Å². The first-order valence-corrected chi connectivity index (χ1v) is 11.4. The lowest BCUT2D eigenvalue weighted by atomic mass is 9.93. The van der Waals surface area contributed by atoms with Crippen LogP contribution >= 0.6 is 11.6 Å². The number of pyridine rings is 1. The van der Waals surface area contributed by atoms with Crippen molar-refractivity contribution in [2.45, 2.75) is 25.4 Å². The van der Waals surface area contributed by atoms with Crippen LogP contribution in [0.15, 0.2) is 42.6 Å². The average molecular weight is 484 g/mol. The summed E-state index contributed by atoms with van der Waals surface area (Å²) >= 11 is 6.01. The molecule has 2 amide bonds. The number of nitrogens with one attached hydrogen (secondary N) is 2. The summed E-state index contributed by atoms with van der Waals surface area (Å²) in [7, 11) is 1.44. The molecule has 2 N–H and O–H groups in total. The fraction of sp³-hybridized carbons (Fsp3) is 0.333. The molecule has 34 heavy (non-hydrogen) atoms. The summed E-state index contributed by atoms with van der Waals surface area (Å²) in [6.07, 6.45) is 2.47. The van der Waals surface area contributed by atoms with E-state index >= 15 is 0 Å². The van der Waals surface area contributed by atoms with E-state index in [1.54, 1.807) is 11.0 Å². The first kappa shape index (κ1) is 22.3. The normalized spacial score (nSPS) is 21.0. The van der Waals surface area contributed by atoms with E-state index < -0.39 is 5.82 Å². The number of halogens is 2. The monoisotopic (exact) mass is 483 g/mol. The molecule has 8 nitrogen and oxygen atoms in total. The number of ether oxygens (including phenoxy) is 1. The topological polar surface area (TPSA) is 100 Å². The SMILES string of the molecule is COc1cc(-c2cc(C(=O)N3CC4CC3CC4C(=O)NCc3cccc(Cl)c3)n[nH]2)c(F)cn1. The maximum atomic E-state index is 14.2. The number of piperidine rings is 1. The van der Waals surface area contributed by atoms with Gasteiger partial charge in [-0.25, -0.2) is 9.37 Å². The van der Waals surface area contributed by atoms with Crippen molar-refractivity contribution < 1.29 is 18.7 Å². The molecule has 3 heterocycles. The van der Waals surface area contributed by atoms with Gasteiger partial charge in [0.1, 0.15) is 0 Å². The first-order valence-electron chi connectivity index (χ1n) is 11.0. The third kappa shape index (κ3) is 4.23. The van der Waals surface area contributed by atoms with Gasteiger partial charge in [0.2, 0.25) is 11.8 Å². The van der Waals surface area contributed by atoms with Gasteiger partial charge in [0.25, 0.3) is 5.91 Å². The number of nitrogens with zero attached hydrogens (tertiary/aromatic N) is 3. The quantitative estimate of drug-likeness (QED) is 0.559. The molecule has 1 aliphatic heterocycles. The molecule has 10 heteroatoms. The summed E-state index contributed by atoms with van der Waals surface area (Å²) in [6, 6.07) is 10.3. The maximum absolute atomic E-state index is 14.2. The van der Waals surface area contributed by atoms with Gasteiger partial charge in [-0.2, -0.15) is 5.10 Å². The molecule has 2 aliphatic rings. The van der Waals surface area contributed by atoms with Crippen molar-refractivity contribution in [2.75, 3.05) is 13.7 Å². The van der Waals surface area contributed by atoms with Crippen LogP contribution in [0.4, 0.5) is 4.39 Å². The Kier molecular flexibility index (Phi) is 5.95. The van der Waals surface area contributed by atoms with Crippen molar-refractivity contribution >= 4 is 23.4 Å². The van der Waals surface area contributed by atoms with E-state index in [4.69, 9.17) is 16.3 Å². The van der Waals surface area contributed by atoms with Crippen molar-refractivity contribution in [3.8, 4) is 17.1 Å². The molecule has 3 atom stereocenters. The van der Waals surface area contributed by atoms with Crippen molar-refractivity contribution in [1.29, 1.82) is 0 Å². The average Bonchev–Trinajstić information content (AvgIpc) is 3.58. The number of aromatic nitrogens is 3. The van der Waals surface area contributed by atoms with Crippen LogP contribution in [0.2, 0.25) is 5.02 Å². The van der Waals surface area contributed by atoms with Crippen LogP contribution in [-0.4, -0.2) is 51.6 Å². The van der Waals surface area contributed by atoms with Gasteiger partial charge >= 0.3 is 0 Å². The van der Waals surface area contributed by atoms with Crippen LogP contribution in [0.1, 0.15) is 28.9 Å². The summed E-state index contributed by atoms with van der Waals surface area (Å²) < 4.78 is 19.3. The lowest BCUT2D eigenvalue weighted by molar-refractivity contribution is -0.127. The molecule has 1 saturated carbocycles. The number of fused-ring (bicyclic) bond motifs is 2. The molecule has 3 unspecified atom stereocenters. The maximum Gasteiger partial charge on any atom is 0.274 e. The van der Waals surface area contributed by atoms with Gasteiger partial charge < -0.3 is 15.0 Å². The predicted molar refractivity (Wildman–Crippen MR) is 123 cm³/mol. The minimum Gasteiger partial charge on any atom is -0.481 e. The molecule has 2 aromatic heterocycles. The van der Waals surface area contributed by atoms with E-state index in [9.17, 15) is 14.0 Å². The van der Waals surface area contributed by atoms with Gasteiger partial charge in [0.15, 0.2) is 11.5 Å². The minimum absolute atomic E-state index is 0.00346. The number of rotatable bonds is 6. The van der Waals surface area contributed by atoms with E-state index in [1.807, 2.05) is 18.2 Å². The number of likely N-dealkylation sites (tertiary alicyclic amines) is 1. The Labute approximate surface area is 200 Å². The zero-order chi connectivity index (χ0) is 23.8. The third-order valence-corrected chi connectivity index (χ3v) is 6.86. The molecule has 5 rings (SSSR count). The standard InChI is InChI=1S/C24H23ClFN5O3/c1-34-22-8-18(19(26)11-27-22)20-9-21(30-29-20)24(33)31-12-14-6-16(31)7-17(14)23(32)28-10-13-3-2-4-15(25)5-13/h2-5,8-9,11,14,16-17H,6-7,10,12H2,1H3,(H,28,32)(H,29,30). The molecule has 1 aliphatic carbocycles. The summed E-state index contributed by atoms with van der Waals surface area (Å²) in [5.41, 5.74) is 1.74. The number of hydrogen-bond donors (Lipinski definition) is 2. The number of benzene rings is 1. The lowest BCUT2D eigenvalue weighted by Crippen LogP contribution is -2.44. The number of carbonyl (C=O) groups excluding carboxylic acids is 2. The van der Waals surface area contributed by atoms with Crippen molar-refractivity contribution in [1.82, 2.24) is 25.4 Å². The minimum atomic E-state index is -0.546. The zero-order valence-electron chi connectivity index (χ0n) is 18.4. The molecule has 176 valence electrons. The Morgan fingerprint density at radius 1 is 1.29 bits per heavy atom. The van der Waals surface area contributed by atoms with Gasteiger partial charge in [-0.3, -0.25) is 14.7 Å². The van der Waals surface area contributed by atoms with Gasteiger partial charge in [0, 0.05) is 41.7 Å². The van der Waals surface area contributed by atoms with Gasteiger partial charge in [0.05, 0.1) is 19.0 Å². The smallest absolute Gasteiger partial charge is 0.274 e. The summed E-state index contributed by atoms with van der Waals surface area (Å²) in [6.45, 7) is 0.917. The second kappa shape index (κ2) is 9.06. The van der Waals surface area contributed by atoms with E-state index in [0.29, 0.717) is 30.2 Å². The van der Waals surface area contributed by atoms with Crippen LogP contribution in [-0.2, 0) is 11.3 Å². The Hall–Kier alpha value is -3.46. The van der Waals surface area contributed by atoms with E-state index in [1.165, 1.54) is 19.2 Å². The van der Waals surface area contributed by atoms with Crippen LogP contribution in [0.5, 0.6) is 5.88 Å². The zero-order valence-corrected chi connectivity index (χ0v) is 19.2. The molecule has 0 radical (unpaired) electrons. The lowest BCUT2D eigenvalue weighted by Gasteiger charge is -2.30. The van der Waals surface area contributed by atoms with Crippen LogP contribution in [0.25, 0.3) is 11.3 Å². The molecule has 2 bridgehead atoms. The van der Waals surface area contributed by atoms with Crippen molar-refractivity contribution in [3.05, 3.63) is 64.7 Å². The van der Waals surface area contributed by atoms with Crippen molar-refractivity contribution in [2.24, 2.45) is 11.8 Å². The van der Waals surface area contributed by atoms with Crippen LogP contribution in [0.3, 0.4) is 0 Å².